The van der Waals surface area contributed by atoms with Crippen molar-refractivity contribution in [2.45, 2.75) is 6.18 Å². The van der Waals surface area contributed by atoms with Crippen LogP contribution in [0.3, 0.4) is 0 Å². The minimum atomic E-state index is -4.50. The Morgan fingerprint density at radius 1 is 0.968 bits per heavy atom. The molecule has 31 heavy (non-hydrogen) atoms. The maximum Gasteiger partial charge on any atom is 0.422 e. The van der Waals surface area contributed by atoms with Gasteiger partial charge < -0.3 is 19.9 Å². The zero-order valence-electron chi connectivity index (χ0n) is 16.3. The molecule has 0 aliphatic heterocycles. The van der Waals surface area contributed by atoms with Gasteiger partial charge in [-0.25, -0.2) is 4.79 Å². The third-order valence-corrected chi connectivity index (χ3v) is 4.00. The highest BCUT2D eigenvalue weighted by atomic mass is 19.4. The molecule has 0 aliphatic carbocycles. The molecule has 3 rings (SSSR count). The van der Waals surface area contributed by atoms with Gasteiger partial charge in [0.1, 0.15) is 11.5 Å². The highest BCUT2D eigenvalue weighted by Gasteiger charge is 2.29. The van der Waals surface area contributed by atoms with Gasteiger partial charge in [0.05, 0.1) is 18.5 Å². The molecule has 0 spiro atoms. The number of carbonyl (C=O) groups is 1. The van der Waals surface area contributed by atoms with Crippen LogP contribution in [-0.4, -0.2) is 30.9 Å². The number of urea groups is 1. The Balaban J connectivity index is 1.84. The minimum absolute atomic E-state index is 0.0191. The molecule has 1 aromatic heterocycles. The number of anilines is 2. The van der Waals surface area contributed by atoms with E-state index in [2.05, 4.69) is 4.98 Å². The average molecular weight is 433 g/mol. The van der Waals surface area contributed by atoms with Gasteiger partial charge in [0.25, 0.3) is 0 Å². The molecule has 10 heteroatoms. The molecular formula is C21H18F3N3O4. The fourth-order valence-electron chi connectivity index (χ4n) is 2.68. The quantitative estimate of drug-likeness (QED) is 0.564. The smallest absolute Gasteiger partial charge is 0.422 e. The number of primary amides is 1. The lowest BCUT2D eigenvalue weighted by Gasteiger charge is -2.22. The number of ether oxygens (including phenoxy) is 3. The summed E-state index contributed by atoms with van der Waals surface area (Å²) in [4.78, 5) is 17.2. The van der Waals surface area contributed by atoms with E-state index in [9.17, 15) is 18.0 Å². The van der Waals surface area contributed by atoms with Gasteiger partial charge in [0.15, 0.2) is 18.1 Å². The third kappa shape index (κ3) is 5.78. The number of nitrogens with two attached hydrogens (primary N) is 1. The standard InChI is InChI=1S/C21H18F3N3O4/c1-29-19-12-15(4-7-18(19)30-13-21(22,23)24)27(20(25)28)14-2-5-16(6-3-14)31-17-8-10-26-11-9-17/h2-12H,13H2,1H3,(H2,25,28). The first-order valence-corrected chi connectivity index (χ1v) is 8.92. The van der Waals surface area contributed by atoms with Crippen LogP contribution in [0.5, 0.6) is 23.0 Å². The number of halogens is 3. The number of pyridine rings is 1. The largest absolute Gasteiger partial charge is 0.493 e. The van der Waals surface area contributed by atoms with Crippen LogP contribution in [0.25, 0.3) is 0 Å². The molecule has 0 fully saturated rings. The molecule has 0 aliphatic rings. The van der Waals surface area contributed by atoms with Crippen molar-refractivity contribution in [3.63, 3.8) is 0 Å². The first-order chi connectivity index (χ1) is 14.8. The first kappa shape index (κ1) is 21.8. The fraction of sp³-hybridized carbons (Fsp3) is 0.143. The molecule has 0 saturated heterocycles. The molecular weight excluding hydrogens is 415 g/mol. The van der Waals surface area contributed by atoms with Crippen LogP contribution in [0.15, 0.2) is 67.0 Å². The predicted octanol–water partition coefficient (Wildman–Crippen LogP) is 5.04. The fourth-order valence-corrected chi connectivity index (χ4v) is 2.68. The molecule has 2 aromatic carbocycles. The summed E-state index contributed by atoms with van der Waals surface area (Å²) in [6.07, 6.45) is -1.31. The van der Waals surface area contributed by atoms with Gasteiger partial charge in [-0.2, -0.15) is 13.2 Å². The second kappa shape index (κ2) is 9.24. The number of rotatable bonds is 7. The Labute approximate surface area is 175 Å². The summed E-state index contributed by atoms with van der Waals surface area (Å²) in [7, 11) is 1.28. The number of nitrogens with zero attached hydrogens (tertiary/aromatic N) is 2. The lowest BCUT2D eigenvalue weighted by atomic mass is 10.2. The van der Waals surface area contributed by atoms with E-state index in [1.165, 1.54) is 30.2 Å². The van der Waals surface area contributed by atoms with E-state index < -0.39 is 18.8 Å². The summed E-state index contributed by atoms with van der Waals surface area (Å²) in [5, 5.41) is 0. The Morgan fingerprint density at radius 2 is 1.58 bits per heavy atom. The molecule has 7 nitrogen and oxygen atoms in total. The number of hydrogen-bond acceptors (Lipinski definition) is 5. The molecule has 3 aromatic rings. The normalized spacial score (nSPS) is 11.0. The van der Waals surface area contributed by atoms with Crippen LogP contribution < -0.4 is 24.8 Å². The maximum atomic E-state index is 12.4. The third-order valence-electron chi connectivity index (χ3n) is 4.00. The molecule has 1 heterocycles. The second-order valence-corrected chi connectivity index (χ2v) is 6.19. The highest BCUT2D eigenvalue weighted by molar-refractivity contribution is 5.98. The molecule has 2 amide bonds. The average Bonchev–Trinajstić information content (AvgIpc) is 2.74. The second-order valence-electron chi connectivity index (χ2n) is 6.19. The van der Waals surface area contributed by atoms with Crippen molar-refractivity contribution in [1.82, 2.24) is 4.98 Å². The predicted molar refractivity (Wildman–Crippen MR) is 107 cm³/mol. The van der Waals surface area contributed by atoms with Crippen LogP contribution in [0.1, 0.15) is 0 Å². The molecule has 0 bridgehead atoms. The topological polar surface area (TPSA) is 86.9 Å². The number of hydrogen-bond donors (Lipinski definition) is 1. The van der Waals surface area contributed by atoms with E-state index in [1.54, 1.807) is 48.8 Å². The molecule has 0 saturated carbocycles. The summed E-state index contributed by atoms with van der Waals surface area (Å²) in [5.74, 6) is 1.02. The lowest BCUT2D eigenvalue weighted by molar-refractivity contribution is -0.153. The summed E-state index contributed by atoms with van der Waals surface area (Å²) in [5.41, 5.74) is 6.24. The Hall–Kier alpha value is -3.95. The van der Waals surface area contributed by atoms with Crippen molar-refractivity contribution in [2.75, 3.05) is 18.6 Å². The van der Waals surface area contributed by atoms with Crippen LogP contribution in [0.4, 0.5) is 29.3 Å². The van der Waals surface area contributed by atoms with Crippen LogP contribution in [0.2, 0.25) is 0 Å². The number of alkyl halides is 3. The van der Waals surface area contributed by atoms with Gasteiger partial charge in [0, 0.05) is 18.5 Å². The van der Waals surface area contributed by atoms with Gasteiger partial charge >= 0.3 is 12.2 Å². The van der Waals surface area contributed by atoms with Crippen molar-refractivity contribution in [2.24, 2.45) is 5.73 Å². The molecule has 0 atom stereocenters. The highest BCUT2D eigenvalue weighted by Crippen LogP contribution is 2.36. The zero-order chi connectivity index (χ0) is 22.4. The van der Waals surface area contributed by atoms with Gasteiger partial charge in [-0.1, -0.05) is 0 Å². The van der Waals surface area contributed by atoms with Crippen molar-refractivity contribution in [1.29, 1.82) is 0 Å². The number of methoxy groups -OCH3 is 1. The summed E-state index contributed by atoms with van der Waals surface area (Å²) >= 11 is 0. The molecule has 0 radical (unpaired) electrons. The minimum Gasteiger partial charge on any atom is -0.493 e. The van der Waals surface area contributed by atoms with E-state index in [4.69, 9.17) is 19.9 Å². The van der Waals surface area contributed by atoms with Crippen LogP contribution >= 0.6 is 0 Å². The van der Waals surface area contributed by atoms with Crippen molar-refractivity contribution in [3.05, 3.63) is 67.0 Å². The van der Waals surface area contributed by atoms with Crippen molar-refractivity contribution >= 4 is 17.4 Å². The van der Waals surface area contributed by atoms with E-state index in [0.717, 1.165) is 0 Å². The van der Waals surface area contributed by atoms with Crippen molar-refractivity contribution < 1.29 is 32.2 Å². The van der Waals surface area contributed by atoms with Crippen LogP contribution in [-0.2, 0) is 0 Å². The zero-order valence-corrected chi connectivity index (χ0v) is 16.3. The van der Waals surface area contributed by atoms with Crippen LogP contribution in [0, 0.1) is 0 Å². The number of amides is 2. The Bertz CT molecular complexity index is 1030. The van der Waals surface area contributed by atoms with Crippen molar-refractivity contribution in [3.8, 4) is 23.0 Å². The maximum absolute atomic E-state index is 12.4. The summed E-state index contributed by atoms with van der Waals surface area (Å²) < 4.78 is 52.8. The van der Waals surface area contributed by atoms with E-state index in [-0.39, 0.29) is 17.2 Å². The van der Waals surface area contributed by atoms with E-state index in [0.29, 0.717) is 17.2 Å². The number of benzene rings is 2. The summed E-state index contributed by atoms with van der Waals surface area (Å²) in [6.45, 7) is -1.47. The number of aromatic nitrogens is 1. The van der Waals surface area contributed by atoms with Gasteiger partial charge in [-0.3, -0.25) is 9.88 Å². The first-order valence-electron chi connectivity index (χ1n) is 8.92. The Morgan fingerprint density at radius 3 is 2.16 bits per heavy atom. The van der Waals surface area contributed by atoms with E-state index >= 15 is 0 Å². The molecule has 0 unspecified atom stereocenters. The lowest BCUT2D eigenvalue weighted by Crippen LogP contribution is -2.31. The van der Waals surface area contributed by atoms with Gasteiger partial charge in [-0.15, -0.1) is 0 Å². The van der Waals surface area contributed by atoms with E-state index in [1.807, 2.05) is 0 Å². The van der Waals surface area contributed by atoms with Gasteiger partial charge in [0.2, 0.25) is 0 Å². The SMILES string of the molecule is COc1cc(N(C(N)=O)c2ccc(Oc3ccncc3)cc2)ccc1OCC(F)(F)F. The Kier molecular flexibility index (Phi) is 6.49. The number of carbonyl (C=O) groups excluding carboxylic acids is 1. The summed E-state index contributed by atoms with van der Waals surface area (Å²) in [6, 6.07) is 13.1. The molecule has 162 valence electrons. The van der Waals surface area contributed by atoms with Gasteiger partial charge in [-0.05, 0) is 48.5 Å². The monoisotopic (exact) mass is 433 g/mol. The molecule has 2 N–H and O–H groups in total.